The number of carbonyl (C=O) groups is 1. The van der Waals surface area contributed by atoms with Gasteiger partial charge in [0.2, 0.25) is 0 Å². The predicted octanol–water partition coefficient (Wildman–Crippen LogP) is 4.46. The largest absolute Gasteiger partial charge is 0.416 e. The first-order valence-electron chi connectivity index (χ1n) is 6.23. The molecule has 0 amide bonds. The van der Waals surface area contributed by atoms with Gasteiger partial charge in [0, 0.05) is 22.8 Å². The summed E-state index contributed by atoms with van der Waals surface area (Å²) >= 11 is 0. The Bertz CT molecular complexity index is 818. The second-order valence-corrected chi connectivity index (χ2v) is 4.64. The summed E-state index contributed by atoms with van der Waals surface area (Å²) in [6.45, 7) is 0. The van der Waals surface area contributed by atoms with Crippen LogP contribution in [0.5, 0.6) is 0 Å². The molecule has 5 heteroatoms. The number of aldehydes is 1. The third-order valence-electron chi connectivity index (χ3n) is 3.32. The van der Waals surface area contributed by atoms with Crippen molar-refractivity contribution in [3.05, 3.63) is 65.9 Å². The highest BCUT2D eigenvalue weighted by atomic mass is 19.4. The molecule has 0 radical (unpaired) electrons. The number of rotatable bonds is 2. The van der Waals surface area contributed by atoms with Gasteiger partial charge in [-0.2, -0.15) is 13.2 Å². The molecule has 0 fully saturated rings. The van der Waals surface area contributed by atoms with E-state index in [0.717, 1.165) is 12.1 Å². The Labute approximate surface area is 118 Å². The van der Waals surface area contributed by atoms with Gasteiger partial charge >= 0.3 is 6.18 Å². The van der Waals surface area contributed by atoms with Crippen LogP contribution in [-0.4, -0.2) is 10.9 Å². The molecular weight excluding hydrogens is 279 g/mol. The van der Waals surface area contributed by atoms with Gasteiger partial charge in [-0.05, 0) is 24.3 Å². The van der Waals surface area contributed by atoms with Crippen molar-refractivity contribution >= 4 is 17.2 Å². The third-order valence-corrected chi connectivity index (χ3v) is 3.32. The summed E-state index contributed by atoms with van der Waals surface area (Å²) in [6.07, 6.45) is -2.15. The number of hydrogen-bond donors (Lipinski definition) is 0. The Hall–Kier alpha value is -2.56. The number of hydrogen-bond acceptors (Lipinski definition) is 1. The van der Waals surface area contributed by atoms with E-state index in [1.807, 2.05) is 0 Å². The van der Waals surface area contributed by atoms with Crippen molar-refractivity contribution in [3.8, 4) is 5.69 Å². The van der Waals surface area contributed by atoms with Crippen LogP contribution in [0.1, 0.15) is 15.9 Å². The zero-order valence-corrected chi connectivity index (χ0v) is 10.8. The summed E-state index contributed by atoms with van der Waals surface area (Å²) in [5, 5.41) is 0.713. The fraction of sp³-hybridized carbons (Fsp3) is 0.0625. The SMILES string of the molecule is O=Cc1cn(-c2cccc(C(F)(F)F)c2)c2ccccc12. The average Bonchev–Trinajstić information content (AvgIpc) is 2.85. The summed E-state index contributed by atoms with van der Waals surface area (Å²) < 4.78 is 40.0. The number of para-hydroxylation sites is 1. The zero-order chi connectivity index (χ0) is 15.0. The van der Waals surface area contributed by atoms with Gasteiger partial charge < -0.3 is 4.57 Å². The smallest absolute Gasteiger partial charge is 0.316 e. The number of alkyl halides is 3. The maximum absolute atomic E-state index is 12.8. The standard InChI is InChI=1S/C16H10F3NO/c17-16(18,19)12-4-3-5-13(8-12)20-9-11(10-21)14-6-1-2-7-15(14)20/h1-10H. The van der Waals surface area contributed by atoms with Crippen molar-refractivity contribution in [2.45, 2.75) is 6.18 Å². The van der Waals surface area contributed by atoms with Crippen molar-refractivity contribution in [3.63, 3.8) is 0 Å². The molecule has 1 heterocycles. The van der Waals surface area contributed by atoms with Crippen LogP contribution >= 0.6 is 0 Å². The minimum atomic E-state index is -4.40. The van der Waals surface area contributed by atoms with E-state index in [9.17, 15) is 18.0 Å². The lowest BCUT2D eigenvalue weighted by atomic mass is 10.2. The third kappa shape index (κ3) is 2.31. The van der Waals surface area contributed by atoms with Crippen LogP contribution < -0.4 is 0 Å². The topological polar surface area (TPSA) is 22.0 Å². The second-order valence-electron chi connectivity index (χ2n) is 4.64. The number of aromatic nitrogens is 1. The van der Waals surface area contributed by atoms with Gasteiger partial charge in [-0.15, -0.1) is 0 Å². The van der Waals surface area contributed by atoms with E-state index < -0.39 is 11.7 Å². The molecule has 0 aliphatic rings. The van der Waals surface area contributed by atoms with Crippen LogP contribution in [0, 0.1) is 0 Å². The molecule has 0 aliphatic carbocycles. The predicted molar refractivity (Wildman–Crippen MR) is 73.7 cm³/mol. The molecule has 0 N–H and O–H groups in total. The number of carbonyl (C=O) groups excluding carboxylic acids is 1. The molecule has 2 aromatic carbocycles. The van der Waals surface area contributed by atoms with Gasteiger partial charge in [0.25, 0.3) is 0 Å². The normalized spacial score (nSPS) is 11.8. The van der Waals surface area contributed by atoms with E-state index in [2.05, 4.69) is 0 Å². The van der Waals surface area contributed by atoms with Gasteiger partial charge in [0.15, 0.2) is 6.29 Å². The van der Waals surface area contributed by atoms with E-state index in [1.165, 1.54) is 6.07 Å². The van der Waals surface area contributed by atoms with Gasteiger partial charge in [0.05, 0.1) is 11.1 Å². The molecule has 1 aromatic heterocycles. The highest BCUT2D eigenvalue weighted by Crippen LogP contribution is 2.31. The van der Waals surface area contributed by atoms with Crippen LogP contribution in [0.25, 0.3) is 16.6 Å². The summed E-state index contributed by atoms with van der Waals surface area (Å²) in [6, 6.07) is 12.1. The summed E-state index contributed by atoms with van der Waals surface area (Å²) in [7, 11) is 0. The van der Waals surface area contributed by atoms with Crippen molar-refractivity contribution in [1.29, 1.82) is 0 Å². The van der Waals surface area contributed by atoms with Crippen LogP contribution in [0.4, 0.5) is 13.2 Å². The Kier molecular flexibility index (Phi) is 3.05. The van der Waals surface area contributed by atoms with Gasteiger partial charge in [-0.3, -0.25) is 4.79 Å². The van der Waals surface area contributed by atoms with Gasteiger partial charge in [0.1, 0.15) is 0 Å². The van der Waals surface area contributed by atoms with Crippen LogP contribution in [0.2, 0.25) is 0 Å². The highest BCUT2D eigenvalue weighted by molar-refractivity contribution is 5.98. The molecule has 0 unspecified atom stereocenters. The molecule has 106 valence electrons. The fourth-order valence-corrected chi connectivity index (χ4v) is 2.35. The van der Waals surface area contributed by atoms with Crippen LogP contribution in [0.3, 0.4) is 0 Å². The number of fused-ring (bicyclic) bond motifs is 1. The molecule has 21 heavy (non-hydrogen) atoms. The number of nitrogens with zero attached hydrogens (tertiary/aromatic N) is 1. The fourth-order valence-electron chi connectivity index (χ4n) is 2.35. The Morgan fingerprint density at radius 1 is 1.00 bits per heavy atom. The molecule has 0 atom stereocenters. The number of halogens is 3. The van der Waals surface area contributed by atoms with E-state index in [1.54, 1.807) is 41.1 Å². The van der Waals surface area contributed by atoms with Crippen molar-refractivity contribution in [2.24, 2.45) is 0 Å². The van der Waals surface area contributed by atoms with Gasteiger partial charge in [-0.1, -0.05) is 24.3 Å². The maximum Gasteiger partial charge on any atom is 0.416 e. The van der Waals surface area contributed by atoms with Crippen molar-refractivity contribution in [2.75, 3.05) is 0 Å². The summed E-state index contributed by atoms with van der Waals surface area (Å²) in [4.78, 5) is 11.1. The summed E-state index contributed by atoms with van der Waals surface area (Å²) in [5.74, 6) is 0. The van der Waals surface area contributed by atoms with Crippen molar-refractivity contribution in [1.82, 2.24) is 4.57 Å². The molecule has 0 bridgehead atoms. The Morgan fingerprint density at radius 2 is 1.76 bits per heavy atom. The van der Waals surface area contributed by atoms with Gasteiger partial charge in [-0.25, -0.2) is 0 Å². The van der Waals surface area contributed by atoms with Crippen LogP contribution in [0.15, 0.2) is 54.7 Å². The lowest BCUT2D eigenvalue weighted by molar-refractivity contribution is -0.137. The minimum Gasteiger partial charge on any atom is -0.316 e. The zero-order valence-electron chi connectivity index (χ0n) is 10.8. The first-order valence-corrected chi connectivity index (χ1v) is 6.23. The summed E-state index contributed by atoms with van der Waals surface area (Å²) in [5.41, 5.74) is 0.793. The Morgan fingerprint density at radius 3 is 2.48 bits per heavy atom. The molecule has 3 rings (SSSR count). The molecule has 0 saturated heterocycles. The molecule has 0 aliphatic heterocycles. The van der Waals surface area contributed by atoms with E-state index in [4.69, 9.17) is 0 Å². The molecule has 3 aromatic rings. The lowest BCUT2D eigenvalue weighted by Gasteiger charge is -2.10. The first-order chi connectivity index (χ1) is 10.0. The average molecular weight is 289 g/mol. The van der Waals surface area contributed by atoms with E-state index in [-0.39, 0.29) is 0 Å². The monoisotopic (exact) mass is 289 g/mol. The first kappa shape index (κ1) is 13.4. The number of benzene rings is 2. The van der Waals surface area contributed by atoms with E-state index >= 15 is 0 Å². The second kappa shape index (κ2) is 4.77. The highest BCUT2D eigenvalue weighted by Gasteiger charge is 2.30. The molecule has 0 spiro atoms. The maximum atomic E-state index is 12.8. The van der Waals surface area contributed by atoms with Crippen molar-refractivity contribution < 1.29 is 18.0 Å². The molecule has 2 nitrogen and oxygen atoms in total. The van der Waals surface area contributed by atoms with Crippen LogP contribution in [-0.2, 0) is 6.18 Å². The minimum absolute atomic E-state index is 0.370. The molecule has 0 saturated carbocycles. The Balaban J connectivity index is 2.24. The molecular formula is C16H10F3NO. The van der Waals surface area contributed by atoms with E-state index in [0.29, 0.717) is 28.4 Å². The quantitative estimate of drug-likeness (QED) is 0.638. The lowest BCUT2D eigenvalue weighted by Crippen LogP contribution is -2.05.